The minimum absolute atomic E-state index is 0.155. The number of amides is 1. The third kappa shape index (κ3) is 2.71. The van der Waals surface area contributed by atoms with Crippen molar-refractivity contribution in [1.82, 2.24) is 14.9 Å². The Balaban J connectivity index is 1.66. The van der Waals surface area contributed by atoms with Crippen molar-refractivity contribution < 1.29 is 9.53 Å². The molecule has 2 saturated heterocycles. The summed E-state index contributed by atoms with van der Waals surface area (Å²) in [6, 6.07) is 0.216. The first kappa shape index (κ1) is 14.6. The summed E-state index contributed by atoms with van der Waals surface area (Å²) >= 11 is 0. The van der Waals surface area contributed by atoms with E-state index in [1.807, 2.05) is 11.1 Å². The van der Waals surface area contributed by atoms with Crippen molar-refractivity contribution in [2.24, 2.45) is 5.41 Å². The summed E-state index contributed by atoms with van der Waals surface area (Å²) in [4.78, 5) is 22.1. The summed E-state index contributed by atoms with van der Waals surface area (Å²) in [5.41, 5.74) is 1.24. The molecule has 21 heavy (non-hydrogen) atoms. The van der Waals surface area contributed by atoms with Crippen LogP contribution in [0.25, 0.3) is 0 Å². The zero-order chi connectivity index (χ0) is 15.0. The summed E-state index contributed by atoms with van der Waals surface area (Å²) in [7, 11) is 0. The first-order valence-corrected chi connectivity index (χ1v) is 7.95. The zero-order valence-electron chi connectivity index (χ0n) is 13.2. The molecule has 1 aromatic rings. The molecule has 2 unspecified atom stereocenters. The number of rotatable bonds is 4. The lowest BCUT2D eigenvalue weighted by atomic mass is 9.71. The second-order valence-corrected chi connectivity index (χ2v) is 6.89. The van der Waals surface area contributed by atoms with E-state index in [2.05, 4.69) is 30.7 Å². The van der Waals surface area contributed by atoms with Crippen LogP contribution in [0, 0.1) is 5.41 Å². The third-order valence-corrected chi connectivity index (χ3v) is 4.73. The fourth-order valence-electron chi connectivity index (χ4n) is 3.66. The van der Waals surface area contributed by atoms with E-state index in [1.54, 1.807) is 0 Å². The van der Waals surface area contributed by atoms with Crippen molar-refractivity contribution in [3.05, 3.63) is 17.7 Å². The number of aromatic amines is 1. The number of nitrogens with zero attached hydrogens (tertiary/aromatic N) is 2. The van der Waals surface area contributed by atoms with Gasteiger partial charge in [0.05, 0.1) is 18.6 Å². The second-order valence-electron chi connectivity index (χ2n) is 6.89. The lowest BCUT2D eigenvalue weighted by Crippen LogP contribution is -2.68. The molecule has 0 saturated carbocycles. The van der Waals surface area contributed by atoms with E-state index in [9.17, 15) is 4.79 Å². The van der Waals surface area contributed by atoms with Gasteiger partial charge in [0, 0.05) is 30.5 Å². The van der Waals surface area contributed by atoms with Crippen molar-refractivity contribution in [2.75, 3.05) is 13.2 Å². The largest absolute Gasteiger partial charge is 0.376 e. The van der Waals surface area contributed by atoms with E-state index in [1.165, 1.54) is 0 Å². The molecular weight excluding hydrogens is 266 g/mol. The van der Waals surface area contributed by atoms with Crippen LogP contribution in [0.5, 0.6) is 0 Å². The number of hydrogen-bond donors (Lipinski definition) is 1. The SMILES string of the molecule is CCc1cnc(CC(=O)N2CC(C)(C)C2C2CCCO2)[nH]1. The summed E-state index contributed by atoms with van der Waals surface area (Å²) in [5, 5.41) is 0. The highest BCUT2D eigenvalue weighted by molar-refractivity contribution is 5.79. The fraction of sp³-hybridized carbons (Fsp3) is 0.750. The van der Waals surface area contributed by atoms with Crippen LogP contribution < -0.4 is 0 Å². The van der Waals surface area contributed by atoms with E-state index in [0.29, 0.717) is 6.42 Å². The molecule has 5 nitrogen and oxygen atoms in total. The number of aryl methyl sites for hydroxylation is 1. The van der Waals surface area contributed by atoms with Gasteiger partial charge in [0.15, 0.2) is 0 Å². The van der Waals surface area contributed by atoms with Crippen LogP contribution in [0.2, 0.25) is 0 Å². The van der Waals surface area contributed by atoms with Crippen LogP contribution >= 0.6 is 0 Å². The molecule has 2 aliphatic rings. The molecule has 5 heteroatoms. The van der Waals surface area contributed by atoms with Crippen molar-refractivity contribution in [2.45, 2.75) is 58.6 Å². The number of ether oxygens (including phenoxy) is 1. The molecule has 0 aromatic carbocycles. The number of carbonyl (C=O) groups is 1. The van der Waals surface area contributed by atoms with Gasteiger partial charge in [0.1, 0.15) is 5.82 Å². The highest BCUT2D eigenvalue weighted by Crippen LogP contribution is 2.42. The summed E-state index contributed by atoms with van der Waals surface area (Å²) in [6.07, 6.45) is 5.48. The maximum atomic E-state index is 12.6. The topological polar surface area (TPSA) is 58.2 Å². The Morgan fingerprint density at radius 2 is 2.38 bits per heavy atom. The van der Waals surface area contributed by atoms with Crippen LogP contribution in [-0.4, -0.2) is 46.1 Å². The quantitative estimate of drug-likeness (QED) is 0.922. The molecule has 1 amide bonds. The van der Waals surface area contributed by atoms with Crippen LogP contribution in [-0.2, 0) is 22.4 Å². The lowest BCUT2D eigenvalue weighted by Gasteiger charge is -2.56. The molecule has 3 heterocycles. The Bertz CT molecular complexity index is 517. The number of carbonyl (C=O) groups excluding carboxylic acids is 1. The Labute approximate surface area is 126 Å². The minimum Gasteiger partial charge on any atom is -0.376 e. The van der Waals surface area contributed by atoms with Gasteiger partial charge in [-0.15, -0.1) is 0 Å². The smallest absolute Gasteiger partial charge is 0.230 e. The molecule has 2 atom stereocenters. The fourth-order valence-corrected chi connectivity index (χ4v) is 3.66. The number of nitrogens with one attached hydrogen (secondary N) is 1. The van der Waals surface area contributed by atoms with Crippen molar-refractivity contribution >= 4 is 5.91 Å². The van der Waals surface area contributed by atoms with Crippen LogP contribution in [0.1, 0.15) is 45.1 Å². The number of likely N-dealkylation sites (tertiary alicyclic amines) is 1. The van der Waals surface area contributed by atoms with E-state index in [4.69, 9.17) is 4.74 Å². The summed E-state index contributed by atoms with van der Waals surface area (Å²) in [6.45, 7) is 8.18. The highest BCUT2D eigenvalue weighted by atomic mass is 16.5. The predicted octanol–water partition coefficient (Wildman–Crippen LogP) is 1.93. The molecule has 2 aliphatic heterocycles. The van der Waals surface area contributed by atoms with Crippen LogP contribution in [0.4, 0.5) is 0 Å². The van der Waals surface area contributed by atoms with Crippen molar-refractivity contribution in [3.63, 3.8) is 0 Å². The van der Waals surface area contributed by atoms with Gasteiger partial charge in [-0.1, -0.05) is 20.8 Å². The zero-order valence-corrected chi connectivity index (χ0v) is 13.2. The Kier molecular flexibility index (Phi) is 3.78. The van der Waals surface area contributed by atoms with Gasteiger partial charge in [0.25, 0.3) is 0 Å². The summed E-state index contributed by atoms with van der Waals surface area (Å²) < 4.78 is 5.83. The highest BCUT2D eigenvalue weighted by Gasteiger charge is 2.52. The molecular formula is C16H25N3O2. The summed E-state index contributed by atoms with van der Waals surface area (Å²) in [5.74, 6) is 0.930. The Morgan fingerprint density at radius 3 is 2.95 bits per heavy atom. The monoisotopic (exact) mass is 291 g/mol. The molecule has 0 spiro atoms. The number of imidazole rings is 1. The Hall–Kier alpha value is -1.36. The van der Waals surface area contributed by atoms with E-state index in [0.717, 1.165) is 43.9 Å². The van der Waals surface area contributed by atoms with E-state index < -0.39 is 0 Å². The first-order chi connectivity index (χ1) is 10.0. The lowest BCUT2D eigenvalue weighted by molar-refractivity contribution is -0.163. The number of H-pyrrole nitrogens is 1. The van der Waals surface area contributed by atoms with Gasteiger partial charge in [-0.25, -0.2) is 4.98 Å². The molecule has 0 bridgehead atoms. The normalized spacial score (nSPS) is 27.7. The molecule has 0 aliphatic carbocycles. The van der Waals surface area contributed by atoms with Crippen molar-refractivity contribution in [1.29, 1.82) is 0 Å². The van der Waals surface area contributed by atoms with Gasteiger partial charge < -0.3 is 14.6 Å². The van der Waals surface area contributed by atoms with Gasteiger partial charge in [-0.3, -0.25) is 4.79 Å². The average Bonchev–Trinajstić information content (AvgIpc) is 3.07. The molecule has 1 aromatic heterocycles. The standard InChI is InChI=1S/C16H25N3O2/c1-4-11-9-17-13(18-11)8-14(20)19-10-16(2,3)15(19)12-6-5-7-21-12/h9,12,15H,4-8,10H2,1-3H3,(H,17,18). The number of aromatic nitrogens is 2. The Morgan fingerprint density at radius 1 is 1.57 bits per heavy atom. The van der Waals surface area contributed by atoms with Crippen LogP contribution in [0.15, 0.2) is 6.20 Å². The van der Waals surface area contributed by atoms with Gasteiger partial charge in [-0.05, 0) is 19.3 Å². The molecule has 3 rings (SSSR count). The average molecular weight is 291 g/mol. The van der Waals surface area contributed by atoms with Gasteiger partial charge in [-0.2, -0.15) is 0 Å². The maximum Gasteiger partial charge on any atom is 0.230 e. The molecule has 0 radical (unpaired) electrons. The van der Waals surface area contributed by atoms with Gasteiger partial charge >= 0.3 is 0 Å². The molecule has 2 fully saturated rings. The van der Waals surface area contributed by atoms with E-state index >= 15 is 0 Å². The first-order valence-electron chi connectivity index (χ1n) is 7.95. The van der Waals surface area contributed by atoms with E-state index in [-0.39, 0.29) is 23.5 Å². The van der Waals surface area contributed by atoms with Gasteiger partial charge in [0.2, 0.25) is 5.91 Å². The third-order valence-electron chi connectivity index (χ3n) is 4.73. The second kappa shape index (κ2) is 5.44. The molecule has 116 valence electrons. The predicted molar refractivity (Wildman–Crippen MR) is 79.9 cm³/mol. The van der Waals surface area contributed by atoms with Crippen molar-refractivity contribution in [3.8, 4) is 0 Å². The number of hydrogen-bond acceptors (Lipinski definition) is 3. The molecule has 1 N–H and O–H groups in total. The van der Waals surface area contributed by atoms with Crippen LogP contribution in [0.3, 0.4) is 0 Å². The maximum absolute atomic E-state index is 12.6. The minimum atomic E-state index is 0.155.